The van der Waals surface area contributed by atoms with Crippen LogP contribution in [0, 0.1) is 5.92 Å². The molecule has 2 rings (SSSR count). The minimum absolute atomic E-state index is 0.0304. The molecule has 3 N–H and O–H groups in total. The average molecular weight is 297 g/mol. The van der Waals surface area contributed by atoms with Crippen molar-refractivity contribution in [2.24, 2.45) is 5.92 Å². The van der Waals surface area contributed by atoms with Crippen LogP contribution in [0.2, 0.25) is 0 Å². The summed E-state index contributed by atoms with van der Waals surface area (Å²) >= 11 is 0. The van der Waals surface area contributed by atoms with E-state index in [1.54, 1.807) is 0 Å². The molecule has 2 fully saturated rings. The first-order valence-electron chi connectivity index (χ1n) is 8.11. The molecule has 0 aromatic rings. The summed E-state index contributed by atoms with van der Waals surface area (Å²) in [6.07, 6.45) is 4.95. The summed E-state index contributed by atoms with van der Waals surface area (Å²) in [5, 5.41) is 15.3. The highest BCUT2D eigenvalue weighted by Crippen LogP contribution is 2.34. The number of hydrogen-bond donors (Lipinski definition) is 3. The first-order valence-corrected chi connectivity index (χ1v) is 8.11. The topological polar surface area (TPSA) is 81.7 Å². The summed E-state index contributed by atoms with van der Waals surface area (Å²) in [6, 6.07) is -0.0196. The van der Waals surface area contributed by atoms with E-state index in [9.17, 15) is 9.59 Å². The smallest absolute Gasteiger partial charge is 0.317 e. The van der Waals surface area contributed by atoms with E-state index in [0.717, 1.165) is 51.7 Å². The van der Waals surface area contributed by atoms with Crippen molar-refractivity contribution in [1.82, 2.24) is 15.5 Å². The van der Waals surface area contributed by atoms with E-state index < -0.39 is 5.97 Å². The van der Waals surface area contributed by atoms with Crippen LogP contribution >= 0.6 is 0 Å². The molecule has 0 radical (unpaired) electrons. The minimum atomic E-state index is -0.837. The Morgan fingerprint density at radius 1 is 1.29 bits per heavy atom. The van der Waals surface area contributed by atoms with Gasteiger partial charge in [-0.25, -0.2) is 4.79 Å². The molecule has 0 aromatic carbocycles. The number of carboxylic acids is 1. The van der Waals surface area contributed by atoms with E-state index in [4.69, 9.17) is 5.11 Å². The maximum Gasteiger partial charge on any atom is 0.317 e. The van der Waals surface area contributed by atoms with Gasteiger partial charge in [0.25, 0.3) is 0 Å². The zero-order chi connectivity index (χ0) is 15.2. The fourth-order valence-electron chi connectivity index (χ4n) is 3.07. The van der Waals surface area contributed by atoms with Gasteiger partial charge in [-0.3, -0.25) is 4.79 Å². The van der Waals surface area contributed by atoms with Gasteiger partial charge in [0.05, 0.1) is 6.42 Å². The molecule has 6 heteroatoms. The highest BCUT2D eigenvalue weighted by molar-refractivity contribution is 5.76. The van der Waals surface area contributed by atoms with Crippen molar-refractivity contribution in [3.63, 3.8) is 0 Å². The van der Waals surface area contributed by atoms with E-state index in [2.05, 4.69) is 17.6 Å². The van der Waals surface area contributed by atoms with Crippen molar-refractivity contribution >= 4 is 12.0 Å². The number of aliphatic carboxylic acids is 1. The van der Waals surface area contributed by atoms with Crippen LogP contribution in [0.4, 0.5) is 4.79 Å². The molecule has 2 aliphatic rings. The third-order valence-electron chi connectivity index (χ3n) is 4.37. The summed E-state index contributed by atoms with van der Waals surface area (Å²) < 4.78 is 0. The van der Waals surface area contributed by atoms with E-state index in [-0.39, 0.29) is 24.5 Å². The van der Waals surface area contributed by atoms with Gasteiger partial charge in [-0.1, -0.05) is 6.92 Å². The maximum atomic E-state index is 12.6. The van der Waals surface area contributed by atoms with Crippen LogP contribution in [0.1, 0.15) is 45.4 Å². The number of urea groups is 1. The second kappa shape index (κ2) is 7.64. The van der Waals surface area contributed by atoms with Crippen molar-refractivity contribution in [3.05, 3.63) is 0 Å². The molecule has 1 aliphatic carbocycles. The van der Waals surface area contributed by atoms with Crippen LogP contribution < -0.4 is 10.6 Å². The van der Waals surface area contributed by atoms with Crippen LogP contribution in [-0.2, 0) is 4.79 Å². The van der Waals surface area contributed by atoms with Crippen molar-refractivity contribution in [1.29, 1.82) is 0 Å². The van der Waals surface area contributed by atoms with Gasteiger partial charge >= 0.3 is 12.0 Å². The fourth-order valence-corrected chi connectivity index (χ4v) is 3.07. The number of hydrogen-bond acceptors (Lipinski definition) is 3. The Morgan fingerprint density at radius 2 is 1.95 bits per heavy atom. The van der Waals surface area contributed by atoms with Crippen LogP contribution in [0.5, 0.6) is 0 Å². The molecule has 120 valence electrons. The Kier molecular flexibility index (Phi) is 5.85. The van der Waals surface area contributed by atoms with Crippen molar-refractivity contribution in [2.45, 2.75) is 57.5 Å². The molecule has 1 heterocycles. The number of carbonyl (C=O) groups excluding carboxylic acids is 1. The number of piperidine rings is 1. The standard InChI is InChI=1S/C15H27N3O3/c1-2-9-18(12-5-7-16-8-6-12)15(21)17-13(10-14(19)20)11-3-4-11/h11-13,16H,2-10H2,1H3,(H,17,21)(H,19,20). The van der Waals surface area contributed by atoms with Gasteiger partial charge in [0, 0.05) is 18.6 Å². The molecule has 0 spiro atoms. The molecule has 6 nitrogen and oxygen atoms in total. The van der Waals surface area contributed by atoms with E-state index >= 15 is 0 Å². The molecule has 2 amide bonds. The Labute approximate surface area is 126 Å². The van der Waals surface area contributed by atoms with Gasteiger partial charge < -0.3 is 20.6 Å². The largest absolute Gasteiger partial charge is 0.481 e. The molecule has 1 unspecified atom stereocenters. The van der Waals surface area contributed by atoms with Gasteiger partial charge in [-0.2, -0.15) is 0 Å². The van der Waals surface area contributed by atoms with Crippen molar-refractivity contribution < 1.29 is 14.7 Å². The number of rotatable bonds is 7. The van der Waals surface area contributed by atoms with E-state index in [1.165, 1.54) is 0 Å². The number of nitrogens with one attached hydrogen (secondary N) is 2. The summed E-state index contributed by atoms with van der Waals surface area (Å²) in [4.78, 5) is 25.4. The Morgan fingerprint density at radius 3 is 2.48 bits per heavy atom. The second-order valence-corrected chi connectivity index (χ2v) is 6.17. The predicted octanol–water partition coefficient (Wildman–Crippen LogP) is 1.41. The molecule has 0 bridgehead atoms. The first kappa shape index (κ1) is 16.1. The van der Waals surface area contributed by atoms with E-state index in [0.29, 0.717) is 5.92 Å². The van der Waals surface area contributed by atoms with Crippen LogP contribution in [0.25, 0.3) is 0 Å². The normalized spacial score (nSPS) is 20.8. The SMILES string of the molecule is CCCN(C(=O)NC(CC(=O)O)C1CC1)C1CCNCC1. The summed E-state index contributed by atoms with van der Waals surface area (Å²) in [6.45, 7) is 4.69. The molecule has 21 heavy (non-hydrogen) atoms. The lowest BCUT2D eigenvalue weighted by atomic mass is 10.0. The fraction of sp³-hybridized carbons (Fsp3) is 0.867. The lowest BCUT2D eigenvalue weighted by molar-refractivity contribution is -0.137. The van der Waals surface area contributed by atoms with Gasteiger partial charge in [0.1, 0.15) is 0 Å². The average Bonchev–Trinajstić information content (AvgIpc) is 3.29. The lowest BCUT2D eigenvalue weighted by Gasteiger charge is -2.35. The molecular weight excluding hydrogens is 270 g/mol. The highest BCUT2D eigenvalue weighted by Gasteiger charge is 2.35. The maximum absolute atomic E-state index is 12.6. The van der Waals surface area contributed by atoms with Gasteiger partial charge in [0.15, 0.2) is 0 Å². The molecular formula is C15H27N3O3. The number of carboxylic acid groups (broad SMARTS) is 1. The third-order valence-corrected chi connectivity index (χ3v) is 4.37. The Balaban J connectivity index is 1.94. The number of carbonyl (C=O) groups is 2. The zero-order valence-corrected chi connectivity index (χ0v) is 12.8. The van der Waals surface area contributed by atoms with Crippen LogP contribution in [0.15, 0.2) is 0 Å². The quantitative estimate of drug-likeness (QED) is 0.663. The number of nitrogens with zero attached hydrogens (tertiary/aromatic N) is 1. The molecule has 1 aliphatic heterocycles. The zero-order valence-electron chi connectivity index (χ0n) is 12.8. The Bertz CT molecular complexity index is 365. The molecule has 1 atom stereocenters. The third kappa shape index (κ3) is 4.88. The number of amides is 2. The summed E-state index contributed by atoms with van der Waals surface area (Å²) in [5.41, 5.74) is 0. The van der Waals surface area contributed by atoms with Gasteiger partial charge in [-0.15, -0.1) is 0 Å². The minimum Gasteiger partial charge on any atom is -0.481 e. The van der Waals surface area contributed by atoms with Crippen LogP contribution in [-0.4, -0.2) is 53.7 Å². The summed E-state index contributed by atoms with van der Waals surface area (Å²) in [7, 11) is 0. The molecule has 1 saturated heterocycles. The molecule has 1 saturated carbocycles. The van der Waals surface area contributed by atoms with Crippen molar-refractivity contribution in [2.75, 3.05) is 19.6 Å². The first-order chi connectivity index (χ1) is 10.1. The van der Waals surface area contributed by atoms with Gasteiger partial charge in [-0.05, 0) is 51.1 Å². The van der Waals surface area contributed by atoms with Gasteiger partial charge in [0.2, 0.25) is 0 Å². The predicted molar refractivity (Wildman–Crippen MR) is 80.2 cm³/mol. The second-order valence-electron chi connectivity index (χ2n) is 6.17. The lowest BCUT2D eigenvalue weighted by Crippen LogP contribution is -2.53. The highest BCUT2D eigenvalue weighted by atomic mass is 16.4. The molecule has 0 aromatic heterocycles. The van der Waals surface area contributed by atoms with Crippen molar-refractivity contribution in [3.8, 4) is 0 Å². The monoisotopic (exact) mass is 297 g/mol. The summed E-state index contributed by atoms with van der Waals surface area (Å²) in [5.74, 6) is -0.488. The van der Waals surface area contributed by atoms with Crippen LogP contribution in [0.3, 0.4) is 0 Å². The Hall–Kier alpha value is -1.30. The van der Waals surface area contributed by atoms with E-state index in [1.807, 2.05) is 4.90 Å².